The zero-order valence-electron chi connectivity index (χ0n) is 12.0. The van der Waals surface area contributed by atoms with Crippen molar-refractivity contribution < 1.29 is 22.6 Å². The van der Waals surface area contributed by atoms with Gasteiger partial charge in [0.05, 0.1) is 0 Å². The molecule has 1 aromatic carbocycles. The van der Waals surface area contributed by atoms with Gasteiger partial charge in [0, 0.05) is 19.0 Å². The molecule has 0 radical (unpaired) electrons. The Morgan fingerprint density at radius 3 is 2.71 bits per heavy atom. The summed E-state index contributed by atoms with van der Waals surface area (Å²) >= 11 is 0. The van der Waals surface area contributed by atoms with Crippen molar-refractivity contribution in [1.82, 2.24) is 5.32 Å². The van der Waals surface area contributed by atoms with Crippen LogP contribution in [-0.2, 0) is 0 Å². The third kappa shape index (κ3) is 5.46. The average Bonchev–Trinajstić information content (AvgIpc) is 2.43. The summed E-state index contributed by atoms with van der Waals surface area (Å²) in [6.45, 7) is 2.88. The van der Waals surface area contributed by atoms with E-state index in [9.17, 15) is 13.2 Å². The van der Waals surface area contributed by atoms with Gasteiger partial charge < -0.3 is 14.8 Å². The van der Waals surface area contributed by atoms with Crippen molar-refractivity contribution in [3.8, 4) is 11.5 Å². The number of halogens is 3. The monoisotopic (exact) mass is 303 g/mol. The molecule has 0 saturated carbocycles. The van der Waals surface area contributed by atoms with Gasteiger partial charge in [0.15, 0.2) is 11.5 Å². The molecule has 6 heteroatoms. The Labute approximate surface area is 122 Å². The minimum atomic E-state index is -4.07. The molecule has 118 valence electrons. The normalized spacial score (nSPS) is 19.3. The van der Waals surface area contributed by atoms with Crippen LogP contribution in [0.1, 0.15) is 26.2 Å². The molecule has 0 amide bonds. The molecule has 0 bridgehead atoms. The highest BCUT2D eigenvalue weighted by atomic mass is 19.4. The number of hydrogen-bond donors (Lipinski definition) is 1. The Kier molecular flexibility index (Phi) is 5.33. The molecule has 0 aromatic heterocycles. The minimum Gasteiger partial charge on any atom is -0.486 e. The molecular formula is C15H20F3NO2. The number of para-hydroxylation sites is 2. The van der Waals surface area contributed by atoms with Gasteiger partial charge in [-0.15, -0.1) is 0 Å². The van der Waals surface area contributed by atoms with E-state index in [2.05, 4.69) is 5.32 Å². The maximum atomic E-state index is 12.1. The average molecular weight is 303 g/mol. The first-order valence-corrected chi connectivity index (χ1v) is 7.12. The molecule has 3 nitrogen and oxygen atoms in total. The molecule has 0 spiro atoms. The van der Waals surface area contributed by atoms with Crippen LogP contribution < -0.4 is 14.8 Å². The van der Waals surface area contributed by atoms with Crippen molar-refractivity contribution in [1.29, 1.82) is 0 Å². The fourth-order valence-electron chi connectivity index (χ4n) is 2.21. The van der Waals surface area contributed by atoms with Gasteiger partial charge in [0.2, 0.25) is 0 Å². The molecule has 1 aromatic rings. The number of hydrogen-bond acceptors (Lipinski definition) is 3. The summed E-state index contributed by atoms with van der Waals surface area (Å²) in [5.41, 5.74) is 0. The van der Waals surface area contributed by atoms with Gasteiger partial charge in [0.25, 0.3) is 0 Å². The highest BCUT2D eigenvalue weighted by molar-refractivity contribution is 5.40. The Morgan fingerprint density at radius 2 is 2.00 bits per heavy atom. The summed E-state index contributed by atoms with van der Waals surface area (Å²) in [6, 6.07) is 7.46. The lowest BCUT2D eigenvalue weighted by atomic mass is 10.1. The number of rotatable bonds is 6. The highest BCUT2D eigenvalue weighted by Gasteiger charge is 2.26. The van der Waals surface area contributed by atoms with E-state index in [4.69, 9.17) is 9.47 Å². The first kappa shape index (κ1) is 15.9. The number of benzene rings is 1. The van der Waals surface area contributed by atoms with E-state index in [0.29, 0.717) is 25.3 Å². The van der Waals surface area contributed by atoms with Gasteiger partial charge in [0.1, 0.15) is 12.7 Å². The Morgan fingerprint density at radius 1 is 1.29 bits per heavy atom. The minimum absolute atomic E-state index is 0.0214. The van der Waals surface area contributed by atoms with Crippen molar-refractivity contribution in [2.24, 2.45) is 0 Å². The third-order valence-corrected chi connectivity index (χ3v) is 3.36. The van der Waals surface area contributed by atoms with E-state index >= 15 is 0 Å². The van der Waals surface area contributed by atoms with E-state index < -0.39 is 12.6 Å². The van der Waals surface area contributed by atoms with E-state index in [1.165, 1.54) is 0 Å². The van der Waals surface area contributed by atoms with Gasteiger partial charge in [-0.25, -0.2) is 0 Å². The van der Waals surface area contributed by atoms with Gasteiger partial charge in [-0.05, 0) is 31.9 Å². The van der Waals surface area contributed by atoms with Crippen molar-refractivity contribution >= 4 is 0 Å². The summed E-state index contributed by atoms with van der Waals surface area (Å²) in [5.74, 6) is 1.44. The van der Waals surface area contributed by atoms with Crippen LogP contribution in [0.2, 0.25) is 0 Å². The standard InChI is InChI=1S/C15H20F3NO2/c1-11(5-4-8-15(16,17)18)19-9-12-10-20-13-6-2-3-7-14(13)21-12/h2-3,6-7,11-12,19H,4-5,8-10H2,1H3. The summed E-state index contributed by atoms with van der Waals surface area (Å²) in [7, 11) is 0. The zero-order valence-corrected chi connectivity index (χ0v) is 12.0. The molecule has 1 N–H and O–H groups in total. The Hall–Kier alpha value is -1.43. The largest absolute Gasteiger partial charge is 0.486 e. The van der Waals surface area contributed by atoms with Gasteiger partial charge in [-0.3, -0.25) is 0 Å². The summed E-state index contributed by atoms with van der Waals surface area (Å²) in [5, 5.41) is 3.20. The molecule has 0 saturated heterocycles. The fourth-order valence-corrected chi connectivity index (χ4v) is 2.21. The van der Waals surface area contributed by atoms with Crippen LogP contribution in [0.3, 0.4) is 0 Å². The molecule has 21 heavy (non-hydrogen) atoms. The van der Waals surface area contributed by atoms with Gasteiger partial charge in [-0.2, -0.15) is 13.2 Å². The second-order valence-electron chi connectivity index (χ2n) is 5.31. The Balaban J connectivity index is 1.67. The predicted molar refractivity (Wildman–Crippen MR) is 73.7 cm³/mol. The number of nitrogens with one attached hydrogen (secondary N) is 1. The first-order chi connectivity index (χ1) is 9.94. The molecule has 1 aliphatic rings. The second kappa shape index (κ2) is 7.02. The smallest absolute Gasteiger partial charge is 0.389 e. The maximum absolute atomic E-state index is 12.1. The lowest BCUT2D eigenvalue weighted by molar-refractivity contribution is -0.135. The molecule has 0 aliphatic carbocycles. The van der Waals surface area contributed by atoms with Crippen molar-refractivity contribution in [2.45, 2.75) is 44.5 Å². The second-order valence-corrected chi connectivity index (χ2v) is 5.31. The molecule has 2 unspecified atom stereocenters. The number of fused-ring (bicyclic) bond motifs is 1. The van der Waals surface area contributed by atoms with Crippen molar-refractivity contribution in [2.75, 3.05) is 13.2 Å². The van der Waals surface area contributed by atoms with Crippen LogP contribution in [0, 0.1) is 0 Å². The third-order valence-electron chi connectivity index (χ3n) is 3.36. The summed E-state index contributed by atoms with van der Waals surface area (Å²) in [4.78, 5) is 0. The molecule has 0 fully saturated rings. The van der Waals surface area contributed by atoms with Crippen LogP contribution in [-0.4, -0.2) is 31.5 Å². The van der Waals surface area contributed by atoms with E-state index in [-0.39, 0.29) is 18.6 Å². The number of ether oxygens (including phenoxy) is 2. The molecule has 2 atom stereocenters. The molecule has 1 aliphatic heterocycles. The Bertz CT molecular complexity index is 451. The molecular weight excluding hydrogens is 283 g/mol. The predicted octanol–water partition coefficient (Wildman–Crippen LogP) is 3.54. The van der Waals surface area contributed by atoms with Crippen LogP contribution in [0.25, 0.3) is 0 Å². The van der Waals surface area contributed by atoms with Crippen molar-refractivity contribution in [3.05, 3.63) is 24.3 Å². The van der Waals surface area contributed by atoms with Gasteiger partial charge in [-0.1, -0.05) is 12.1 Å². The lowest BCUT2D eigenvalue weighted by Crippen LogP contribution is -2.41. The van der Waals surface area contributed by atoms with E-state index in [1.807, 2.05) is 31.2 Å². The van der Waals surface area contributed by atoms with E-state index in [0.717, 1.165) is 5.75 Å². The van der Waals surface area contributed by atoms with Crippen LogP contribution in [0.15, 0.2) is 24.3 Å². The van der Waals surface area contributed by atoms with Crippen molar-refractivity contribution in [3.63, 3.8) is 0 Å². The van der Waals surface area contributed by atoms with Crippen LogP contribution >= 0.6 is 0 Å². The zero-order chi connectivity index (χ0) is 15.3. The summed E-state index contributed by atoms with van der Waals surface area (Å²) < 4.78 is 47.6. The number of alkyl halides is 3. The quantitative estimate of drug-likeness (QED) is 0.872. The lowest BCUT2D eigenvalue weighted by Gasteiger charge is -2.27. The van der Waals surface area contributed by atoms with E-state index in [1.54, 1.807) is 0 Å². The first-order valence-electron chi connectivity index (χ1n) is 7.12. The topological polar surface area (TPSA) is 30.5 Å². The van der Waals surface area contributed by atoms with Gasteiger partial charge >= 0.3 is 6.18 Å². The van der Waals surface area contributed by atoms with Crippen LogP contribution in [0.5, 0.6) is 11.5 Å². The molecule has 1 heterocycles. The fraction of sp³-hybridized carbons (Fsp3) is 0.600. The highest BCUT2D eigenvalue weighted by Crippen LogP contribution is 2.30. The summed E-state index contributed by atoms with van der Waals surface area (Å²) in [6.07, 6.45) is -4.28. The molecule has 2 rings (SSSR count). The maximum Gasteiger partial charge on any atom is 0.389 e. The SMILES string of the molecule is CC(CCCC(F)(F)F)NCC1COc2ccccc2O1. The van der Waals surface area contributed by atoms with Crippen LogP contribution in [0.4, 0.5) is 13.2 Å².